The quantitative estimate of drug-likeness (QED) is 0.921. The Labute approximate surface area is 118 Å². The maximum atomic E-state index is 13.1. The van der Waals surface area contributed by atoms with Gasteiger partial charge in [0.15, 0.2) is 0 Å². The lowest BCUT2D eigenvalue weighted by atomic mass is 9.98. The molecule has 0 spiro atoms. The third-order valence-corrected chi connectivity index (χ3v) is 3.96. The number of piperidine rings is 1. The van der Waals surface area contributed by atoms with Gasteiger partial charge in [-0.2, -0.15) is 4.98 Å². The van der Waals surface area contributed by atoms with Crippen LogP contribution in [0.4, 0.5) is 4.39 Å². The molecule has 0 radical (unpaired) electrons. The molecule has 0 amide bonds. The fourth-order valence-corrected chi connectivity index (χ4v) is 2.78. The Bertz CT molecular complexity index is 581. The van der Waals surface area contributed by atoms with Crippen LogP contribution >= 0.6 is 15.9 Å². The van der Waals surface area contributed by atoms with Crippen molar-refractivity contribution in [2.24, 2.45) is 0 Å². The Kier molecular flexibility index (Phi) is 3.61. The van der Waals surface area contributed by atoms with Gasteiger partial charge in [0.05, 0.1) is 0 Å². The van der Waals surface area contributed by atoms with Gasteiger partial charge in [0, 0.05) is 16.0 Å². The van der Waals surface area contributed by atoms with E-state index in [1.807, 2.05) is 0 Å². The van der Waals surface area contributed by atoms with Crippen LogP contribution in [-0.2, 0) is 0 Å². The van der Waals surface area contributed by atoms with Gasteiger partial charge >= 0.3 is 0 Å². The van der Waals surface area contributed by atoms with Crippen LogP contribution < -0.4 is 5.32 Å². The molecule has 6 heteroatoms. The first kappa shape index (κ1) is 12.7. The fourth-order valence-electron chi connectivity index (χ4n) is 2.25. The number of rotatable bonds is 2. The van der Waals surface area contributed by atoms with Crippen LogP contribution in [0.25, 0.3) is 11.4 Å². The van der Waals surface area contributed by atoms with E-state index in [4.69, 9.17) is 4.52 Å². The predicted octanol–water partition coefficient (Wildman–Crippen LogP) is 3.11. The third kappa shape index (κ3) is 2.69. The lowest BCUT2D eigenvalue weighted by molar-refractivity contribution is 0.320. The number of benzene rings is 1. The van der Waals surface area contributed by atoms with Crippen molar-refractivity contribution in [3.63, 3.8) is 0 Å². The summed E-state index contributed by atoms with van der Waals surface area (Å²) in [6, 6.07) is 4.44. The number of hydrogen-bond acceptors (Lipinski definition) is 4. The van der Waals surface area contributed by atoms with E-state index >= 15 is 0 Å². The number of nitrogens with one attached hydrogen (secondary N) is 1. The molecular formula is C13H13BrFN3O. The summed E-state index contributed by atoms with van der Waals surface area (Å²) in [7, 11) is 0. The Morgan fingerprint density at radius 3 is 2.84 bits per heavy atom. The van der Waals surface area contributed by atoms with Gasteiger partial charge < -0.3 is 9.84 Å². The molecule has 0 atom stereocenters. The van der Waals surface area contributed by atoms with E-state index in [2.05, 4.69) is 31.4 Å². The molecule has 1 aromatic heterocycles. The first-order valence-electron chi connectivity index (χ1n) is 6.24. The zero-order valence-corrected chi connectivity index (χ0v) is 11.8. The maximum Gasteiger partial charge on any atom is 0.230 e. The second-order valence-corrected chi connectivity index (χ2v) is 5.46. The molecular weight excluding hydrogens is 313 g/mol. The molecule has 2 aromatic rings. The van der Waals surface area contributed by atoms with Gasteiger partial charge in [0.25, 0.3) is 0 Å². The number of aromatic nitrogens is 2. The lowest BCUT2D eigenvalue weighted by Gasteiger charge is -2.18. The number of halogens is 2. The van der Waals surface area contributed by atoms with Crippen molar-refractivity contribution in [2.75, 3.05) is 13.1 Å². The standard InChI is InChI=1S/C13H13BrFN3O/c14-11-7-9(15)1-2-10(11)12-17-13(19-18-12)8-3-5-16-6-4-8/h1-2,7-8,16H,3-6H2. The van der Waals surface area contributed by atoms with Gasteiger partial charge in [0.2, 0.25) is 11.7 Å². The van der Waals surface area contributed by atoms with Gasteiger partial charge in [-0.05, 0) is 60.1 Å². The largest absolute Gasteiger partial charge is 0.339 e. The first-order valence-corrected chi connectivity index (χ1v) is 7.03. The fraction of sp³-hybridized carbons (Fsp3) is 0.385. The minimum Gasteiger partial charge on any atom is -0.339 e. The van der Waals surface area contributed by atoms with Crippen LogP contribution in [0.1, 0.15) is 24.7 Å². The zero-order chi connectivity index (χ0) is 13.2. The zero-order valence-electron chi connectivity index (χ0n) is 10.2. The molecule has 1 aromatic carbocycles. The molecule has 1 aliphatic rings. The highest BCUT2D eigenvalue weighted by Crippen LogP contribution is 2.29. The highest BCUT2D eigenvalue weighted by atomic mass is 79.9. The Morgan fingerprint density at radius 1 is 1.32 bits per heavy atom. The molecule has 1 saturated heterocycles. The van der Waals surface area contributed by atoms with Gasteiger partial charge in [-0.25, -0.2) is 4.39 Å². The van der Waals surface area contributed by atoms with Crippen molar-refractivity contribution < 1.29 is 8.91 Å². The monoisotopic (exact) mass is 325 g/mol. The highest BCUT2D eigenvalue weighted by Gasteiger charge is 2.22. The maximum absolute atomic E-state index is 13.1. The molecule has 0 unspecified atom stereocenters. The topological polar surface area (TPSA) is 51.0 Å². The van der Waals surface area contributed by atoms with E-state index < -0.39 is 0 Å². The molecule has 1 N–H and O–H groups in total. The Balaban J connectivity index is 1.87. The van der Waals surface area contributed by atoms with Crippen molar-refractivity contribution >= 4 is 15.9 Å². The molecule has 4 nitrogen and oxygen atoms in total. The molecule has 3 rings (SSSR count). The average Bonchev–Trinajstić information content (AvgIpc) is 2.89. The van der Waals surface area contributed by atoms with E-state index in [9.17, 15) is 4.39 Å². The summed E-state index contributed by atoms with van der Waals surface area (Å²) in [5.41, 5.74) is 0.741. The van der Waals surface area contributed by atoms with E-state index in [1.54, 1.807) is 6.07 Å². The van der Waals surface area contributed by atoms with Crippen LogP contribution in [0.15, 0.2) is 27.2 Å². The summed E-state index contributed by atoms with van der Waals surface area (Å²) >= 11 is 3.32. The molecule has 19 heavy (non-hydrogen) atoms. The minimum absolute atomic E-state index is 0.294. The lowest BCUT2D eigenvalue weighted by Crippen LogP contribution is -2.26. The molecule has 1 fully saturated rings. The van der Waals surface area contributed by atoms with Crippen molar-refractivity contribution in [1.82, 2.24) is 15.5 Å². The van der Waals surface area contributed by atoms with Gasteiger partial charge in [-0.15, -0.1) is 0 Å². The van der Waals surface area contributed by atoms with E-state index in [0.717, 1.165) is 31.5 Å². The van der Waals surface area contributed by atoms with Crippen molar-refractivity contribution in [3.05, 3.63) is 34.4 Å². The first-order chi connectivity index (χ1) is 9.24. The summed E-state index contributed by atoms with van der Waals surface area (Å²) in [6.45, 7) is 1.95. The summed E-state index contributed by atoms with van der Waals surface area (Å²) in [5.74, 6) is 1.20. The van der Waals surface area contributed by atoms with Crippen LogP contribution in [0, 0.1) is 5.82 Å². The summed E-state index contributed by atoms with van der Waals surface area (Å²) < 4.78 is 19.0. The van der Waals surface area contributed by atoms with Crippen LogP contribution in [0.2, 0.25) is 0 Å². The third-order valence-electron chi connectivity index (χ3n) is 3.30. The molecule has 1 aliphatic heterocycles. The smallest absolute Gasteiger partial charge is 0.230 e. The Hall–Kier alpha value is -1.27. The molecule has 0 aliphatic carbocycles. The number of nitrogens with zero attached hydrogens (tertiary/aromatic N) is 2. The van der Waals surface area contributed by atoms with Crippen molar-refractivity contribution in [2.45, 2.75) is 18.8 Å². The SMILES string of the molecule is Fc1ccc(-c2noc(C3CCNCC3)n2)c(Br)c1. The van der Waals surface area contributed by atoms with Gasteiger partial charge in [0.1, 0.15) is 5.82 Å². The normalized spacial score (nSPS) is 16.7. The second kappa shape index (κ2) is 5.38. The predicted molar refractivity (Wildman–Crippen MR) is 72.2 cm³/mol. The van der Waals surface area contributed by atoms with Crippen LogP contribution in [0.3, 0.4) is 0 Å². The minimum atomic E-state index is -0.294. The van der Waals surface area contributed by atoms with Crippen LogP contribution in [0.5, 0.6) is 0 Å². The summed E-state index contributed by atoms with van der Waals surface area (Å²) in [5, 5.41) is 7.29. The molecule has 0 bridgehead atoms. The highest BCUT2D eigenvalue weighted by molar-refractivity contribution is 9.10. The van der Waals surface area contributed by atoms with E-state index in [1.165, 1.54) is 12.1 Å². The van der Waals surface area contributed by atoms with E-state index in [-0.39, 0.29) is 5.82 Å². The molecule has 100 valence electrons. The molecule has 0 saturated carbocycles. The number of hydrogen-bond donors (Lipinski definition) is 1. The van der Waals surface area contributed by atoms with Crippen molar-refractivity contribution in [3.8, 4) is 11.4 Å². The average molecular weight is 326 g/mol. The summed E-state index contributed by atoms with van der Waals surface area (Å²) in [4.78, 5) is 4.44. The van der Waals surface area contributed by atoms with Crippen LogP contribution in [-0.4, -0.2) is 23.2 Å². The van der Waals surface area contributed by atoms with Crippen molar-refractivity contribution in [1.29, 1.82) is 0 Å². The second-order valence-electron chi connectivity index (χ2n) is 4.60. The summed E-state index contributed by atoms with van der Waals surface area (Å²) in [6.07, 6.45) is 2.01. The molecule has 2 heterocycles. The van der Waals surface area contributed by atoms with Gasteiger partial charge in [-0.1, -0.05) is 5.16 Å². The van der Waals surface area contributed by atoms with E-state index in [0.29, 0.717) is 22.1 Å². The van der Waals surface area contributed by atoms with Gasteiger partial charge in [-0.3, -0.25) is 0 Å². The Morgan fingerprint density at radius 2 is 2.11 bits per heavy atom.